The lowest BCUT2D eigenvalue weighted by Crippen LogP contribution is -2.19. The molecule has 0 atom stereocenters. The van der Waals surface area contributed by atoms with E-state index < -0.39 is 12.8 Å². The van der Waals surface area contributed by atoms with Crippen molar-refractivity contribution in [2.45, 2.75) is 25.9 Å². The molecule has 90 valence electrons. The quantitative estimate of drug-likeness (QED) is 0.779. The second kappa shape index (κ2) is 5.43. The van der Waals surface area contributed by atoms with Crippen molar-refractivity contribution in [3.63, 3.8) is 0 Å². The smallest absolute Gasteiger partial charge is 0.422 e. The monoisotopic (exact) mass is 252 g/mol. The summed E-state index contributed by atoms with van der Waals surface area (Å²) >= 11 is 5.80. The van der Waals surface area contributed by atoms with Crippen molar-refractivity contribution >= 4 is 11.6 Å². The first kappa shape index (κ1) is 13.2. The van der Waals surface area contributed by atoms with Gasteiger partial charge in [0.25, 0.3) is 0 Å². The topological polar surface area (TPSA) is 9.23 Å². The van der Waals surface area contributed by atoms with Gasteiger partial charge in [0.05, 0.1) is 5.02 Å². The van der Waals surface area contributed by atoms with E-state index in [1.165, 1.54) is 6.07 Å². The van der Waals surface area contributed by atoms with Crippen LogP contribution in [0, 0.1) is 0 Å². The van der Waals surface area contributed by atoms with Crippen LogP contribution in [0.3, 0.4) is 0 Å². The van der Waals surface area contributed by atoms with Crippen molar-refractivity contribution in [3.05, 3.63) is 28.8 Å². The van der Waals surface area contributed by atoms with E-state index in [4.69, 9.17) is 11.6 Å². The van der Waals surface area contributed by atoms with Crippen LogP contribution >= 0.6 is 11.6 Å². The van der Waals surface area contributed by atoms with Gasteiger partial charge >= 0.3 is 6.18 Å². The second-order valence-electron chi connectivity index (χ2n) is 3.42. The maximum absolute atomic E-state index is 11.9. The number of aryl methyl sites for hydroxylation is 1. The summed E-state index contributed by atoms with van der Waals surface area (Å²) in [5, 5.41) is 0.218. The first-order valence-corrected chi connectivity index (χ1v) is 5.28. The van der Waals surface area contributed by atoms with E-state index in [2.05, 4.69) is 4.74 Å². The van der Waals surface area contributed by atoms with Gasteiger partial charge in [-0.05, 0) is 24.1 Å². The lowest BCUT2D eigenvalue weighted by molar-refractivity contribution is -0.153. The third kappa shape index (κ3) is 4.31. The van der Waals surface area contributed by atoms with Gasteiger partial charge in [-0.1, -0.05) is 31.0 Å². The fraction of sp³-hybridized carbons (Fsp3) is 0.455. The molecule has 1 nitrogen and oxygen atoms in total. The fourth-order valence-electron chi connectivity index (χ4n) is 1.27. The van der Waals surface area contributed by atoms with Crippen molar-refractivity contribution in [1.82, 2.24) is 0 Å². The van der Waals surface area contributed by atoms with Gasteiger partial charge < -0.3 is 4.74 Å². The molecule has 0 fully saturated rings. The van der Waals surface area contributed by atoms with Crippen LogP contribution in [0.4, 0.5) is 13.2 Å². The van der Waals surface area contributed by atoms with Gasteiger partial charge in [0.15, 0.2) is 6.61 Å². The van der Waals surface area contributed by atoms with Crippen LogP contribution in [0.1, 0.15) is 18.9 Å². The summed E-state index contributed by atoms with van der Waals surface area (Å²) < 4.78 is 40.3. The predicted octanol–water partition coefficient (Wildman–Crippen LogP) is 4.23. The summed E-state index contributed by atoms with van der Waals surface area (Å²) in [7, 11) is 0. The number of benzene rings is 1. The van der Waals surface area contributed by atoms with Crippen molar-refractivity contribution in [3.8, 4) is 5.75 Å². The Hall–Kier alpha value is -0.900. The molecule has 0 radical (unpaired) electrons. The Bertz CT molecular complexity index is 350. The largest absolute Gasteiger partial charge is 0.483 e. The minimum atomic E-state index is -4.34. The van der Waals surface area contributed by atoms with Gasteiger partial charge in [-0.15, -0.1) is 0 Å². The fourth-order valence-corrected chi connectivity index (χ4v) is 1.52. The summed E-state index contributed by atoms with van der Waals surface area (Å²) in [6.45, 7) is 0.696. The number of alkyl halides is 3. The average Bonchev–Trinajstić information content (AvgIpc) is 2.15. The molecule has 0 saturated heterocycles. The molecule has 0 bridgehead atoms. The standard InChI is InChI=1S/C11H12ClF3O/c1-2-3-8-4-5-10(9(12)6-8)16-7-11(13,14)15/h4-6H,2-3,7H2,1H3. The molecular weight excluding hydrogens is 241 g/mol. The van der Waals surface area contributed by atoms with Gasteiger partial charge in [-0.2, -0.15) is 13.2 Å². The molecule has 0 heterocycles. The Labute approximate surface area is 97.2 Å². The van der Waals surface area contributed by atoms with Crippen LogP contribution in [0.15, 0.2) is 18.2 Å². The summed E-state index contributed by atoms with van der Waals surface area (Å²) in [6, 6.07) is 4.83. The minimum Gasteiger partial charge on any atom is -0.483 e. The van der Waals surface area contributed by atoms with E-state index in [1.807, 2.05) is 6.92 Å². The van der Waals surface area contributed by atoms with E-state index in [1.54, 1.807) is 12.1 Å². The number of hydrogen-bond donors (Lipinski definition) is 0. The van der Waals surface area contributed by atoms with Crippen LogP contribution in [-0.4, -0.2) is 12.8 Å². The number of ether oxygens (including phenoxy) is 1. The van der Waals surface area contributed by atoms with Gasteiger partial charge in [0, 0.05) is 0 Å². The maximum atomic E-state index is 11.9. The Balaban J connectivity index is 2.68. The van der Waals surface area contributed by atoms with Crippen molar-refractivity contribution in [1.29, 1.82) is 0 Å². The second-order valence-corrected chi connectivity index (χ2v) is 3.83. The average molecular weight is 253 g/mol. The summed E-state index contributed by atoms with van der Waals surface area (Å²) in [4.78, 5) is 0. The molecule has 0 N–H and O–H groups in total. The molecule has 0 aliphatic heterocycles. The number of hydrogen-bond acceptors (Lipinski definition) is 1. The molecule has 0 spiro atoms. The van der Waals surface area contributed by atoms with Crippen molar-refractivity contribution < 1.29 is 17.9 Å². The zero-order chi connectivity index (χ0) is 12.2. The summed E-state index contributed by atoms with van der Waals surface area (Å²) in [6.07, 6.45) is -2.54. The zero-order valence-corrected chi connectivity index (χ0v) is 9.53. The Morgan fingerprint density at radius 1 is 1.31 bits per heavy atom. The molecular formula is C11H12ClF3O. The first-order valence-electron chi connectivity index (χ1n) is 4.90. The summed E-state index contributed by atoms with van der Waals surface area (Å²) in [5.74, 6) is 0.0684. The SMILES string of the molecule is CCCc1ccc(OCC(F)(F)F)c(Cl)c1. The van der Waals surface area contributed by atoms with E-state index in [-0.39, 0.29) is 10.8 Å². The highest BCUT2D eigenvalue weighted by molar-refractivity contribution is 6.32. The van der Waals surface area contributed by atoms with Crippen molar-refractivity contribution in [2.24, 2.45) is 0 Å². The van der Waals surface area contributed by atoms with E-state index in [9.17, 15) is 13.2 Å². The molecule has 0 aromatic heterocycles. The molecule has 1 rings (SSSR count). The molecule has 0 saturated carbocycles. The van der Waals surface area contributed by atoms with E-state index in [0.717, 1.165) is 18.4 Å². The van der Waals surface area contributed by atoms with Gasteiger partial charge in [-0.25, -0.2) is 0 Å². The van der Waals surface area contributed by atoms with Crippen LogP contribution in [-0.2, 0) is 6.42 Å². The first-order chi connectivity index (χ1) is 7.42. The molecule has 0 aliphatic carbocycles. The number of halogens is 4. The molecule has 1 aromatic rings. The maximum Gasteiger partial charge on any atom is 0.422 e. The highest BCUT2D eigenvalue weighted by Crippen LogP contribution is 2.27. The van der Waals surface area contributed by atoms with Crippen LogP contribution in [0.5, 0.6) is 5.75 Å². The van der Waals surface area contributed by atoms with Crippen LogP contribution in [0.25, 0.3) is 0 Å². The zero-order valence-electron chi connectivity index (χ0n) is 8.77. The minimum absolute atomic E-state index is 0.0684. The molecule has 16 heavy (non-hydrogen) atoms. The Morgan fingerprint density at radius 2 is 2.00 bits per heavy atom. The van der Waals surface area contributed by atoms with Gasteiger partial charge in [-0.3, -0.25) is 0 Å². The van der Waals surface area contributed by atoms with E-state index >= 15 is 0 Å². The molecule has 0 amide bonds. The molecule has 1 aromatic carbocycles. The predicted molar refractivity (Wildman–Crippen MR) is 57.0 cm³/mol. The van der Waals surface area contributed by atoms with Gasteiger partial charge in [0.1, 0.15) is 5.75 Å². The summed E-state index contributed by atoms with van der Waals surface area (Å²) in [5.41, 5.74) is 0.992. The molecule has 0 unspecified atom stereocenters. The Kier molecular flexibility index (Phi) is 4.47. The lowest BCUT2D eigenvalue weighted by Gasteiger charge is -2.11. The lowest BCUT2D eigenvalue weighted by atomic mass is 10.1. The highest BCUT2D eigenvalue weighted by atomic mass is 35.5. The normalized spacial score (nSPS) is 11.6. The third-order valence-corrected chi connectivity index (χ3v) is 2.22. The molecule has 5 heteroatoms. The van der Waals surface area contributed by atoms with Crippen molar-refractivity contribution in [2.75, 3.05) is 6.61 Å². The molecule has 0 aliphatic rings. The Morgan fingerprint density at radius 3 is 2.50 bits per heavy atom. The van der Waals surface area contributed by atoms with Gasteiger partial charge in [0.2, 0.25) is 0 Å². The van der Waals surface area contributed by atoms with Crippen LogP contribution < -0.4 is 4.74 Å². The third-order valence-electron chi connectivity index (χ3n) is 1.93. The number of rotatable bonds is 4. The highest BCUT2D eigenvalue weighted by Gasteiger charge is 2.28. The van der Waals surface area contributed by atoms with E-state index in [0.29, 0.717) is 0 Å². The van der Waals surface area contributed by atoms with Crippen LogP contribution in [0.2, 0.25) is 5.02 Å².